The minimum absolute atomic E-state index is 0. The van der Waals surface area contributed by atoms with Crippen LogP contribution in [0.15, 0.2) is 9.98 Å². The molecule has 0 bridgehead atoms. The summed E-state index contributed by atoms with van der Waals surface area (Å²) in [6.07, 6.45) is -0.0853. The van der Waals surface area contributed by atoms with Crippen LogP contribution in [0.2, 0.25) is 0 Å². The average molecular weight is 594 g/mol. The van der Waals surface area contributed by atoms with Crippen molar-refractivity contribution in [1.29, 1.82) is 0 Å². The van der Waals surface area contributed by atoms with Crippen molar-refractivity contribution in [1.82, 2.24) is 0 Å². The zero-order valence-electron chi connectivity index (χ0n) is 17.3. The second kappa shape index (κ2) is 12.4. The molecule has 0 N–H and O–H groups in total. The topological polar surface area (TPSA) is 38.8 Å². The van der Waals surface area contributed by atoms with Crippen molar-refractivity contribution in [3.63, 3.8) is 0 Å². The molecule has 0 saturated heterocycles. The van der Waals surface area contributed by atoms with E-state index in [9.17, 15) is 43.9 Å². The summed E-state index contributed by atoms with van der Waals surface area (Å²) in [7, 11) is 0. The molecule has 2 aromatic carbocycles. The number of amidine groups is 2. The zero-order chi connectivity index (χ0) is 25.0. The van der Waals surface area contributed by atoms with Crippen LogP contribution in [0.1, 0.15) is 39.5 Å². The fraction of sp³-hybridized carbons (Fsp3) is 0.300. The Hall–Kier alpha value is -2.38. The molecular weight excluding hydrogens is 580 g/mol. The van der Waals surface area contributed by atoms with Crippen molar-refractivity contribution in [3.05, 3.63) is 63.5 Å². The van der Waals surface area contributed by atoms with E-state index in [1.807, 2.05) is 0 Å². The Morgan fingerprint density at radius 1 is 0.500 bits per heavy atom. The number of hydrogen-bond acceptors (Lipinski definition) is 2. The van der Waals surface area contributed by atoms with Gasteiger partial charge in [-0.1, -0.05) is 26.7 Å². The molecule has 190 valence electrons. The van der Waals surface area contributed by atoms with Gasteiger partial charge < -0.3 is 15.3 Å². The fourth-order valence-corrected chi connectivity index (χ4v) is 2.51. The van der Waals surface area contributed by atoms with E-state index in [1.165, 1.54) is 13.8 Å². The van der Waals surface area contributed by atoms with Crippen molar-refractivity contribution < 1.29 is 66.3 Å². The van der Waals surface area contributed by atoms with E-state index in [4.69, 9.17) is 0 Å². The molecule has 0 aliphatic rings. The summed E-state index contributed by atoms with van der Waals surface area (Å²) >= 11 is 0. The van der Waals surface area contributed by atoms with Gasteiger partial charge in [-0.15, -0.1) is 0 Å². The van der Waals surface area contributed by atoms with E-state index in [2.05, 4.69) is 15.3 Å². The number of hydrogen-bond donors (Lipinski definition) is 0. The van der Waals surface area contributed by atoms with Gasteiger partial charge in [0, 0.05) is 0 Å². The van der Waals surface area contributed by atoms with Gasteiger partial charge in [0.2, 0.25) is 11.6 Å². The van der Waals surface area contributed by atoms with Crippen molar-refractivity contribution in [2.45, 2.75) is 39.5 Å². The van der Waals surface area contributed by atoms with Gasteiger partial charge in [0.1, 0.15) is 0 Å². The van der Waals surface area contributed by atoms with E-state index in [-0.39, 0.29) is 48.1 Å². The Labute approximate surface area is 202 Å². The summed E-state index contributed by atoms with van der Waals surface area (Å²) in [6, 6.07) is 0. The minimum Gasteiger partial charge on any atom is -0.367 e. The van der Waals surface area contributed by atoms with E-state index in [0.29, 0.717) is 0 Å². The second-order valence-corrected chi connectivity index (χ2v) is 6.50. The van der Waals surface area contributed by atoms with Gasteiger partial charge in [0.05, 0.1) is 11.4 Å². The fourth-order valence-electron chi connectivity index (χ4n) is 2.51. The molecule has 0 aliphatic heterocycles. The first-order chi connectivity index (χ1) is 15.5. The Kier molecular flexibility index (Phi) is 10.8. The molecule has 0 aliphatic carbocycles. The third kappa shape index (κ3) is 5.99. The molecule has 0 spiro atoms. The monoisotopic (exact) mass is 593 g/mol. The third-order valence-electron chi connectivity index (χ3n) is 4.06. The van der Waals surface area contributed by atoms with Crippen molar-refractivity contribution in [2.24, 2.45) is 9.98 Å². The summed E-state index contributed by atoms with van der Waals surface area (Å²) in [6.45, 7) is 3.06. The van der Waals surface area contributed by atoms with Crippen LogP contribution in [-0.2, 0) is 22.4 Å². The van der Waals surface area contributed by atoms with E-state index >= 15 is 0 Å². The van der Waals surface area contributed by atoms with Gasteiger partial charge in [-0.05, 0) is 24.5 Å². The molecule has 0 fully saturated rings. The van der Waals surface area contributed by atoms with Gasteiger partial charge in [-0.25, -0.2) is 43.9 Å². The minimum atomic E-state index is -2.41. The molecule has 2 rings (SSSR count). The standard InChI is InChI=1S/C20H14F10N3.Ag/c1-3-5-7(32-19-15(27)11(23)9(21)12(24)16(19)28)31-8(6-4-2)33-20-17(29)13(25)10(22)14(26)18(20)30;/h3-6H2,1-2H3;/q-1;+1. The maximum atomic E-state index is 14.0. The molecule has 2 aromatic rings. The molecule has 14 heteroatoms. The summed E-state index contributed by atoms with van der Waals surface area (Å²) in [5, 5.41) is 3.73. The number of halogens is 10. The Morgan fingerprint density at radius 2 is 0.735 bits per heavy atom. The van der Waals surface area contributed by atoms with Crippen molar-refractivity contribution in [2.75, 3.05) is 0 Å². The van der Waals surface area contributed by atoms with E-state index in [0.717, 1.165) is 0 Å². The first-order valence-electron chi connectivity index (χ1n) is 9.35. The van der Waals surface area contributed by atoms with Crippen LogP contribution >= 0.6 is 0 Å². The van der Waals surface area contributed by atoms with Crippen LogP contribution in [0, 0.1) is 58.2 Å². The number of benzene rings is 2. The van der Waals surface area contributed by atoms with Crippen molar-refractivity contribution in [3.8, 4) is 0 Å². The van der Waals surface area contributed by atoms with Crippen LogP contribution in [0.5, 0.6) is 0 Å². The average Bonchev–Trinajstić information content (AvgIpc) is 2.79. The molecule has 34 heavy (non-hydrogen) atoms. The number of aliphatic imine (C=N–C) groups is 2. The quantitative estimate of drug-likeness (QED) is 0.0818. The largest absolute Gasteiger partial charge is 1.00 e. The molecule has 0 atom stereocenters. The summed E-state index contributed by atoms with van der Waals surface area (Å²) in [4.78, 5) is 6.69. The van der Waals surface area contributed by atoms with Gasteiger partial charge in [0.15, 0.2) is 46.5 Å². The van der Waals surface area contributed by atoms with Crippen LogP contribution in [-0.4, -0.2) is 11.7 Å². The van der Waals surface area contributed by atoms with Crippen LogP contribution in [0.25, 0.3) is 5.32 Å². The smallest absolute Gasteiger partial charge is 0.367 e. The first kappa shape index (κ1) is 29.7. The molecule has 0 aromatic heterocycles. The third-order valence-corrected chi connectivity index (χ3v) is 4.06. The first-order valence-corrected chi connectivity index (χ1v) is 9.35. The van der Waals surface area contributed by atoms with Gasteiger partial charge in [-0.3, -0.25) is 0 Å². The van der Waals surface area contributed by atoms with E-state index < -0.39 is 81.2 Å². The van der Waals surface area contributed by atoms with Gasteiger partial charge >= 0.3 is 22.4 Å². The Bertz CT molecular complexity index is 989. The molecule has 3 nitrogen and oxygen atoms in total. The molecule has 0 heterocycles. The maximum absolute atomic E-state index is 14.0. The molecule has 0 radical (unpaired) electrons. The summed E-state index contributed by atoms with van der Waals surface area (Å²) < 4.78 is 136. The number of nitrogens with zero attached hydrogens (tertiary/aromatic N) is 3. The van der Waals surface area contributed by atoms with E-state index in [1.54, 1.807) is 0 Å². The number of rotatable bonds is 6. The maximum Gasteiger partial charge on any atom is 1.00 e. The Balaban J connectivity index is 0.00000578. The molecule has 0 unspecified atom stereocenters. The van der Waals surface area contributed by atoms with Crippen LogP contribution < -0.4 is 0 Å². The summed E-state index contributed by atoms with van der Waals surface area (Å²) in [5.74, 6) is -23.9. The SMILES string of the molecule is CCCC(=Nc1c(F)c(F)c(F)c(F)c1F)[N-]C(CCC)=Nc1c(F)c(F)c(F)c(F)c1F.[Ag+]. The van der Waals surface area contributed by atoms with Crippen LogP contribution in [0.4, 0.5) is 55.3 Å². The second-order valence-electron chi connectivity index (χ2n) is 6.50. The summed E-state index contributed by atoms with van der Waals surface area (Å²) in [5.41, 5.74) is -3.13. The Morgan fingerprint density at radius 3 is 0.971 bits per heavy atom. The molecule has 0 amide bonds. The predicted octanol–water partition coefficient (Wildman–Crippen LogP) is 7.81. The molecule has 0 saturated carbocycles. The van der Waals surface area contributed by atoms with Crippen LogP contribution in [0.3, 0.4) is 0 Å². The van der Waals surface area contributed by atoms with Gasteiger partial charge in [-0.2, -0.15) is 0 Å². The van der Waals surface area contributed by atoms with Gasteiger partial charge in [0.25, 0.3) is 0 Å². The predicted molar refractivity (Wildman–Crippen MR) is 99.8 cm³/mol. The zero-order valence-corrected chi connectivity index (χ0v) is 18.7. The van der Waals surface area contributed by atoms with Crippen molar-refractivity contribution >= 4 is 23.0 Å². The molecular formula is C20H14AgF10N3. The normalized spacial score (nSPS) is 12.1.